The molecule has 0 aliphatic rings. The van der Waals surface area contributed by atoms with Crippen molar-refractivity contribution >= 4 is 17.3 Å². The Morgan fingerprint density at radius 2 is 2.20 bits per heavy atom. The van der Waals surface area contributed by atoms with Gasteiger partial charge in [0.25, 0.3) is 0 Å². The third-order valence-corrected chi connectivity index (χ3v) is 1.30. The summed E-state index contributed by atoms with van der Waals surface area (Å²) in [7, 11) is 4.25. The molecule has 0 spiro atoms. The summed E-state index contributed by atoms with van der Waals surface area (Å²) in [5, 5.41) is 3.29. The lowest BCUT2D eigenvalue weighted by molar-refractivity contribution is -0.858. The first-order chi connectivity index (χ1) is 4.63. The third kappa shape index (κ3) is 7.65. The summed E-state index contributed by atoms with van der Waals surface area (Å²) in [6.45, 7) is 2.04. The van der Waals surface area contributed by atoms with Gasteiger partial charge < -0.3 is 16.0 Å². The largest absolute Gasteiger partial charge is 0.376 e. The van der Waals surface area contributed by atoms with Gasteiger partial charge in [-0.15, -0.1) is 0 Å². The van der Waals surface area contributed by atoms with E-state index in [0.717, 1.165) is 19.5 Å². The van der Waals surface area contributed by atoms with Gasteiger partial charge in [0.2, 0.25) is 0 Å². The number of nitrogens with one attached hydrogen (secondary N) is 2. The Hall–Kier alpha value is -0.350. The highest BCUT2D eigenvalue weighted by atomic mass is 32.1. The lowest BCUT2D eigenvalue weighted by atomic mass is 10.4. The molecule has 3 nitrogen and oxygen atoms in total. The summed E-state index contributed by atoms with van der Waals surface area (Å²) in [5.74, 6) is 0. The Kier molecular flexibility index (Phi) is 5.25. The van der Waals surface area contributed by atoms with E-state index < -0.39 is 0 Å². The van der Waals surface area contributed by atoms with Crippen LogP contribution in [0.2, 0.25) is 0 Å². The van der Waals surface area contributed by atoms with Crippen LogP contribution in [0, 0.1) is 0 Å². The molecule has 0 aliphatic heterocycles. The quantitative estimate of drug-likeness (QED) is 0.343. The van der Waals surface area contributed by atoms with Crippen molar-refractivity contribution in [3.8, 4) is 0 Å². The summed E-state index contributed by atoms with van der Waals surface area (Å²) < 4.78 is 0. The Morgan fingerprint density at radius 1 is 1.60 bits per heavy atom. The van der Waals surface area contributed by atoms with Crippen LogP contribution in [-0.4, -0.2) is 32.3 Å². The monoisotopic (exact) mass is 162 g/mol. The first-order valence-electron chi connectivity index (χ1n) is 3.45. The summed E-state index contributed by atoms with van der Waals surface area (Å²) in [5.41, 5.74) is 5.22. The number of thiocarbonyl (C=S) groups is 1. The highest BCUT2D eigenvalue weighted by Gasteiger charge is 1.92. The number of rotatable bonds is 4. The van der Waals surface area contributed by atoms with E-state index in [0.29, 0.717) is 5.11 Å². The van der Waals surface area contributed by atoms with Crippen LogP contribution >= 0.6 is 12.2 Å². The van der Waals surface area contributed by atoms with Gasteiger partial charge >= 0.3 is 0 Å². The summed E-state index contributed by atoms with van der Waals surface area (Å²) in [6, 6.07) is 0. The molecule has 0 aromatic rings. The van der Waals surface area contributed by atoms with Crippen LogP contribution < -0.4 is 16.0 Å². The zero-order valence-electron chi connectivity index (χ0n) is 6.61. The van der Waals surface area contributed by atoms with Crippen molar-refractivity contribution in [1.29, 1.82) is 0 Å². The van der Waals surface area contributed by atoms with Gasteiger partial charge in [0, 0.05) is 13.0 Å². The van der Waals surface area contributed by atoms with Crippen molar-refractivity contribution in [2.75, 3.05) is 27.2 Å². The van der Waals surface area contributed by atoms with Crippen LogP contribution in [0.1, 0.15) is 6.42 Å². The molecule has 0 aromatic heterocycles. The van der Waals surface area contributed by atoms with Gasteiger partial charge in [-0.05, 0) is 12.2 Å². The highest BCUT2D eigenvalue weighted by Crippen LogP contribution is 1.67. The number of nitrogens with two attached hydrogens (primary N) is 1. The third-order valence-electron chi connectivity index (χ3n) is 1.15. The molecule has 10 heavy (non-hydrogen) atoms. The molecule has 0 radical (unpaired) electrons. The Labute approximate surface area is 67.6 Å². The molecule has 0 amide bonds. The van der Waals surface area contributed by atoms with Crippen molar-refractivity contribution < 1.29 is 4.90 Å². The Bertz CT molecular complexity index is 103. The smallest absolute Gasteiger partial charge is 0.163 e. The second kappa shape index (κ2) is 5.44. The van der Waals surface area contributed by atoms with Gasteiger partial charge in [-0.2, -0.15) is 0 Å². The average Bonchev–Trinajstić information content (AvgIpc) is 1.79. The molecule has 0 aromatic carbocycles. The normalized spacial score (nSPS) is 9.90. The molecule has 0 aliphatic carbocycles. The predicted molar refractivity (Wildman–Crippen MR) is 47.1 cm³/mol. The van der Waals surface area contributed by atoms with Crippen LogP contribution in [0.3, 0.4) is 0 Å². The van der Waals surface area contributed by atoms with Crippen LogP contribution in [0.25, 0.3) is 0 Å². The van der Waals surface area contributed by atoms with Crippen LogP contribution in [-0.2, 0) is 0 Å². The number of hydrogen-bond acceptors (Lipinski definition) is 1. The van der Waals surface area contributed by atoms with Crippen molar-refractivity contribution in [3.63, 3.8) is 0 Å². The number of hydrogen-bond donors (Lipinski definition) is 3. The molecule has 0 rings (SSSR count). The van der Waals surface area contributed by atoms with Crippen LogP contribution in [0.5, 0.6) is 0 Å². The average molecular weight is 162 g/mol. The first kappa shape index (κ1) is 9.65. The fraction of sp³-hybridized carbons (Fsp3) is 0.833. The van der Waals surface area contributed by atoms with Gasteiger partial charge in [0.05, 0.1) is 20.6 Å². The summed E-state index contributed by atoms with van der Waals surface area (Å²) >= 11 is 4.63. The molecule has 0 fully saturated rings. The van der Waals surface area contributed by atoms with Crippen LogP contribution in [0.4, 0.5) is 0 Å². The van der Waals surface area contributed by atoms with E-state index in [1.165, 1.54) is 4.90 Å². The van der Waals surface area contributed by atoms with Crippen molar-refractivity contribution in [2.24, 2.45) is 5.73 Å². The molecule has 0 saturated carbocycles. The minimum absolute atomic E-state index is 0.397. The van der Waals surface area contributed by atoms with Crippen molar-refractivity contribution in [3.05, 3.63) is 0 Å². The Balaban J connectivity index is 2.98. The first-order valence-corrected chi connectivity index (χ1v) is 3.86. The zero-order chi connectivity index (χ0) is 7.98. The second-order valence-corrected chi connectivity index (χ2v) is 3.04. The van der Waals surface area contributed by atoms with E-state index in [1.807, 2.05) is 0 Å². The maximum Gasteiger partial charge on any atom is 0.163 e. The molecule has 0 heterocycles. The minimum Gasteiger partial charge on any atom is -0.376 e. The topological polar surface area (TPSA) is 42.5 Å². The molecule has 4 heteroatoms. The molecule has 0 saturated heterocycles. The molecule has 0 unspecified atom stereocenters. The second-order valence-electron chi connectivity index (χ2n) is 2.60. The highest BCUT2D eigenvalue weighted by molar-refractivity contribution is 7.80. The minimum atomic E-state index is 0.397. The lowest BCUT2D eigenvalue weighted by Crippen LogP contribution is -3.05. The molecular weight excluding hydrogens is 146 g/mol. The van der Waals surface area contributed by atoms with E-state index >= 15 is 0 Å². The van der Waals surface area contributed by atoms with Gasteiger partial charge in [0.1, 0.15) is 0 Å². The predicted octanol–water partition coefficient (Wildman–Crippen LogP) is -1.65. The Morgan fingerprint density at radius 3 is 2.60 bits per heavy atom. The molecular formula is C6H16N3S+. The van der Waals surface area contributed by atoms with E-state index in [2.05, 4.69) is 31.6 Å². The van der Waals surface area contributed by atoms with Crippen LogP contribution in [0.15, 0.2) is 0 Å². The maximum absolute atomic E-state index is 5.22. The van der Waals surface area contributed by atoms with E-state index in [9.17, 15) is 0 Å². The zero-order valence-corrected chi connectivity index (χ0v) is 7.42. The van der Waals surface area contributed by atoms with E-state index in [1.54, 1.807) is 0 Å². The summed E-state index contributed by atoms with van der Waals surface area (Å²) in [6.07, 6.45) is 1.11. The SMILES string of the molecule is C[NH+](C)CCCNC(N)=S. The van der Waals surface area contributed by atoms with E-state index in [4.69, 9.17) is 5.73 Å². The van der Waals surface area contributed by atoms with Crippen molar-refractivity contribution in [2.45, 2.75) is 6.42 Å². The number of quaternary nitrogens is 1. The molecule has 0 atom stereocenters. The van der Waals surface area contributed by atoms with Gasteiger partial charge in [0.15, 0.2) is 5.11 Å². The molecule has 0 bridgehead atoms. The standard InChI is InChI=1S/C6H15N3S/c1-9(2)5-3-4-8-6(7)10/h3-5H2,1-2H3,(H3,7,8,10)/p+1. The van der Waals surface area contributed by atoms with Gasteiger partial charge in [-0.1, -0.05) is 0 Å². The fourth-order valence-corrected chi connectivity index (χ4v) is 0.756. The summed E-state index contributed by atoms with van der Waals surface area (Å²) in [4.78, 5) is 1.45. The van der Waals surface area contributed by atoms with Crippen molar-refractivity contribution in [1.82, 2.24) is 5.32 Å². The molecule has 4 N–H and O–H groups in total. The maximum atomic E-state index is 5.22. The van der Waals surface area contributed by atoms with E-state index in [-0.39, 0.29) is 0 Å². The molecule has 60 valence electrons. The van der Waals surface area contributed by atoms with Gasteiger partial charge in [-0.25, -0.2) is 0 Å². The lowest BCUT2D eigenvalue weighted by Gasteiger charge is -2.06. The van der Waals surface area contributed by atoms with Gasteiger partial charge in [-0.3, -0.25) is 0 Å². The fourth-order valence-electron chi connectivity index (χ4n) is 0.654.